The molecule has 0 radical (unpaired) electrons. The standard InChI is InChI=1S/C22H25N3/c1-17-8-5-6-11-19(17)14-23-21-12-7-13-22-20(21)15-24-25(22)16-18-9-3-2-4-10-18/h2-6,8-11,15,21,23H,7,12-14,16H2,1H3. The quantitative estimate of drug-likeness (QED) is 0.750. The van der Waals surface area contributed by atoms with E-state index in [1.165, 1.54) is 40.8 Å². The first-order valence-corrected chi connectivity index (χ1v) is 9.17. The molecule has 0 spiro atoms. The minimum absolute atomic E-state index is 0.410. The summed E-state index contributed by atoms with van der Waals surface area (Å²) in [6.45, 7) is 3.96. The van der Waals surface area contributed by atoms with Crippen LogP contribution < -0.4 is 5.32 Å². The minimum atomic E-state index is 0.410. The van der Waals surface area contributed by atoms with Crippen LogP contribution in [0.25, 0.3) is 0 Å². The highest BCUT2D eigenvalue weighted by molar-refractivity contribution is 5.28. The lowest BCUT2D eigenvalue weighted by atomic mass is 9.92. The van der Waals surface area contributed by atoms with E-state index in [-0.39, 0.29) is 0 Å². The summed E-state index contributed by atoms with van der Waals surface area (Å²) in [6.07, 6.45) is 5.62. The Morgan fingerprint density at radius 1 is 1.08 bits per heavy atom. The number of hydrogen-bond donors (Lipinski definition) is 1. The van der Waals surface area contributed by atoms with Crippen molar-refractivity contribution in [1.29, 1.82) is 0 Å². The van der Waals surface area contributed by atoms with Crippen molar-refractivity contribution >= 4 is 0 Å². The van der Waals surface area contributed by atoms with Gasteiger partial charge in [-0.3, -0.25) is 4.68 Å². The molecule has 2 aromatic carbocycles. The first-order chi connectivity index (χ1) is 12.3. The van der Waals surface area contributed by atoms with E-state index in [2.05, 4.69) is 77.7 Å². The SMILES string of the molecule is Cc1ccccc1CNC1CCCc2c1cnn2Cc1ccccc1. The fourth-order valence-corrected chi connectivity index (χ4v) is 3.76. The summed E-state index contributed by atoms with van der Waals surface area (Å²) in [5.74, 6) is 0. The first-order valence-electron chi connectivity index (χ1n) is 9.17. The Morgan fingerprint density at radius 2 is 1.88 bits per heavy atom. The van der Waals surface area contributed by atoms with Crippen LogP contribution in [0.5, 0.6) is 0 Å². The maximum atomic E-state index is 4.69. The zero-order valence-corrected chi connectivity index (χ0v) is 14.8. The van der Waals surface area contributed by atoms with Crippen LogP contribution in [0, 0.1) is 6.92 Å². The van der Waals surface area contributed by atoms with Gasteiger partial charge in [0.05, 0.1) is 12.7 Å². The third-order valence-electron chi connectivity index (χ3n) is 5.24. The van der Waals surface area contributed by atoms with Gasteiger partial charge in [0.15, 0.2) is 0 Å². The fourth-order valence-electron chi connectivity index (χ4n) is 3.76. The summed E-state index contributed by atoms with van der Waals surface area (Å²) in [5.41, 5.74) is 6.83. The predicted octanol–water partition coefficient (Wildman–Crippen LogP) is 4.41. The molecular formula is C22H25N3. The van der Waals surface area contributed by atoms with Crippen LogP contribution in [0.15, 0.2) is 60.8 Å². The van der Waals surface area contributed by atoms with Crippen LogP contribution in [0.2, 0.25) is 0 Å². The Bertz CT molecular complexity index is 835. The smallest absolute Gasteiger partial charge is 0.0662 e. The van der Waals surface area contributed by atoms with Gasteiger partial charge in [0.2, 0.25) is 0 Å². The lowest BCUT2D eigenvalue weighted by Gasteiger charge is -2.25. The van der Waals surface area contributed by atoms with E-state index < -0.39 is 0 Å². The summed E-state index contributed by atoms with van der Waals surface area (Å²) in [6, 6.07) is 19.6. The van der Waals surface area contributed by atoms with Crippen molar-refractivity contribution in [1.82, 2.24) is 15.1 Å². The maximum Gasteiger partial charge on any atom is 0.0662 e. The molecule has 0 saturated carbocycles. The second kappa shape index (κ2) is 7.24. The number of hydrogen-bond acceptors (Lipinski definition) is 2. The molecule has 1 aliphatic rings. The Labute approximate surface area is 149 Å². The molecule has 1 aliphatic carbocycles. The van der Waals surface area contributed by atoms with E-state index in [1.807, 2.05) is 0 Å². The van der Waals surface area contributed by atoms with Gasteiger partial charge < -0.3 is 5.32 Å². The summed E-state index contributed by atoms with van der Waals surface area (Å²) in [7, 11) is 0. The lowest BCUT2D eigenvalue weighted by Crippen LogP contribution is -2.25. The van der Waals surface area contributed by atoms with Gasteiger partial charge in [-0.05, 0) is 42.9 Å². The van der Waals surface area contributed by atoms with Crippen LogP contribution in [0.4, 0.5) is 0 Å². The summed E-state index contributed by atoms with van der Waals surface area (Å²) >= 11 is 0. The van der Waals surface area contributed by atoms with Crippen molar-refractivity contribution in [2.24, 2.45) is 0 Å². The highest BCUT2D eigenvalue weighted by Gasteiger charge is 2.24. The second-order valence-corrected chi connectivity index (χ2v) is 6.94. The largest absolute Gasteiger partial charge is 0.306 e. The summed E-state index contributed by atoms with van der Waals surface area (Å²) < 4.78 is 2.19. The maximum absolute atomic E-state index is 4.69. The Hall–Kier alpha value is -2.39. The summed E-state index contributed by atoms with van der Waals surface area (Å²) in [5, 5.41) is 8.45. The van der Waals surface area contributed by atoms with E-state index in [1.54, 1.807) is 0 Å². The molecule has 25 heavy (non-hydrogen) atoms. The van der Waals surface area contributed by atoms with Crippen LogP contribution in [-0.4, -0.2) is 9.78 Å². The van der Waals surface area contributed by atoms with Gasteiger partial charge in [-0.25, -0.2) is 0 Å². The number of benzene rings is 2. The van der Waals surface area contributed by atoms with Crippen LogP contribution >= 0.6 is 0 Å². The van der Waals surface area contributed by atoms with Gasteiger partial charge in [0.25, 0.3) is 0 Å². The van der Waals surface area contributed by atoms with E-state index in [4.69, 9.17) is 5.10 Å². The third kappa shape index (κ3) is 3.52. The highest BCUT2D eigenvalue weighted by Crippen LogP contribution is 2.30. The Kier molecular flexibility index (Phi) is 4.66. The molecule has 3 nitrogen and oxygen atoms in total. The van der Waals surface area contributed by atoms with E-state index in [9.17, 15) is 0 Å². The normalized spacial score (nSPS) is 16.6. The number of fused-ring (bicyclic) bond motifs is 1. The first kappa shape index (κ1) is 16.1. The molecule has 128 valence electrons. The molecule has 0 amide bonds. The topological polar surface area (TPSA) is 29.9 Å². The molecule has 0 bridgehead atoms. The molecule has 1 unspecified atom stereocenters. The number of nitrogens with one attached hydrogen (secondary N) is 1. The van der Waals surface area contributed by atoms with Gasteiger partial charge in [0.1, 0.15) is 0 Å². The molecule has 1 aromatic heterocycles. The van der Waals surface area contributed by atoms with Gasteiger partial charge in [-0.2, -0.15) is 5.10 Å². The average Bonchev–Trinajstić information content (AvgIpc) is 3.05. The van der Waals surface area contributed by atoms with Gasteiger partial charge in [-0.15, -0.1) is 0 Å². The van der Waals surface area contributed by atoms with Crippen molar-refractivity contribution in [3.05, 3.63) is 88.7 Å². The number of rotatable bonds is 5. The minimum Gasteiger partial charge on any atom is -0.306 e. The van der Waals surface area contributed by atoms with Crippen molar-refractivity contribution in [3.63, 3.8) is 0 Å². The number of aromatic nitrogens is 2. The van der Waals surface area contributed by atoms with Crippen LogP contribution in [0.1, 0.15) is 46.8 Å². The average molecular weight is 331 g/mol. The molecule has 1 atom stereocenters. The molecule has 3 aromatic rings. The second-order valence-electron chi connectivity index (χ2n) is 6.94. The zero-order chi connectivity index (χ0) is 17.1. The van der Waals surface area contributed by atoms with Crippen LogP contribution in [0.3, 0.4) is 0 Å². The van der Waals surface area contributed by atoms with Crippen molar-refractivity contribution in [2.45, 2.75) is 45.3 Å². The van der Waals surface area contributed by atoms with Gasteiger partial charge in [-0.1, -0.05) is 54.6 Å². The predicted molar refractivity (Wildman–Crippen MR) is 101 cm³/mol. The molecule has 4 rings (SSSR count). The van der Waals surface area contributed by atoms with Crippen molar-refractivity contribution in [2.75, 3.05) is 0 Å². The number of nitrogens with zero attached hydrogens (tertiary/aromatic N) is 2. The van der Waals surface area contributed by atoms with Crippen LogP contribution in [-0.2, 0) is 19.5 Å². The van der Waals surface area contributed by atoms with Crippen molar-refractivity contribution in [3.8, 4) is 0 Å². The molecule has 1 heterocycles. The fraction of sp³-hybridized carbons (Fsp3) is 0.318. The number of aryl methyl sites for hydroxylation is 1. The van der Waals surface area contributed by atoms with E-state index in [0.29, 0.717) is 6.04 Å². The lowest BCUT2D eigenvalue weighted by molar-refractivity contribution is 0.449. The molecule has 3 heteroatoms. The third-order valence-corrected chi connectivity index (χ3v) is 5.24. The molecular weight excluding hydrogens is 306 g/mol. The molecule has 0 fully saturated rings. The molecule has 0 saturated heterocycles. The van der Waals surface area contributed by atoms with E-state index in [0.717, 1.165) is 19.5 Å². The summed E-state index contributed by atoms with van der Waals surface area (Å²) in [4.78, 5) is 0. The molecule has 1 N–H and O–H groups in total. The van der Waals surface area contributed by atoms with Crippen molar-refractivity contribution < 1.29 is 0 Å². The Morgan fingerprint density at radius 3 is 2.72 bits per heavy atom. The molecule has 0 aliphatic heterocycles. The van der Waals surface area contributed by atoms with Gasteiger partial charge >= 0.3 is 0 Å². The Balaban J connectivity index is 1.50. The van der Waals surface area contributed by atoms with Gasteiger partial charge in [0, 0.05) is 23.8 Å². The zero-order valence-electron chi connectivity index (χ0n) is 14.8. The monoisotopic (exact) mass is 331 g/mol. The highest BCUT2D eigenvalue weighted by atomic mass is 15.3. The van der Waals surface area contributed by atoms with E-state index >= 15 is 0 Å².